The van der Waals surface area contributed by atoms with Crippen LogP contribution >= 0.6 is 0 Å². The number of anilines is 2. The largest absolute Gasteiger partial charge is 0.443 e. The lowest BCUT2D eigenvalue weighted by Crippen LogP contribution is -2.44. The van der Waals surface area contributed by atoms with Crippen molar-refractivity contribution in [2.75, 3.05) is 43.4 Å². The predicted molar refractivity (Wildman–Crippen MR) is 109 cm³/mol. The molecule has 1 aromatic heterocycles. The zero-order valence-electron chi connectivity index (χ0n) is 16.9. The third-order valence-electron chi connectivity index (χ3n) is 5.05. The molecule has 0 spiro atoms. The molecule has 1 N–H and O–H groups in total. The third-order valence-corrected chi connectivity index (χ3v) is 5.05. The summed E-state index contributed by atoms with van der Waals surface area (Å²) in [4.78, 5) is 39.6. The molecule has 0 saturated carbocycles. The summed E-state index contributed by atoms with van der Waals surface area (Å²) in [6.07, 6.45) is 0. The van der Waals surface area contributed by atoms with Crippen LogP contribution in [0, 0.1) is 28.4 Å². The number of carbonyl (C=O) groups excluding carboxylic acids is 2. The van der Waals surface area contributed by atoms with Crippen LogP contribution < -0.4 is 10.2 Å². The van der Waals surface area contributed by atoms with Gasteiger partial charge in [-0.15, -0.1) is 0 Å². The highest BCUT2D eigenvalue weighted by molar-refractivity contribution is 6.06. The number of nitriles is 1. The number of hydrogen-bond acceptors (Lipinski definition) is 8. The Balaban J connectivity index is 1.90. The van der Waals surface area contributed by atoms with Crippen molar-refractivity contribution >= 4 is 28.9 Å². The molecule has 1 fully saturated rings. The Kier molecular flexibility index (Phi) is 5.84. The normalized spacial score (nSPS) is 14.3. The molecular formula is C20H21N5O5. The molecular weight excluding hydrogens is 390 g/mol. The lowest BCUT2D eigenvalue weighted by atomic mass is 10.1. The van der Waals surface area contributed by atoms with Crippen molar-refractivity contribution in [3.8, 4) is 6.07 Å². The molecule has 10 heteroatoms. The van der Waals surface area contributed by atoms with Crippen LogP contribution in [0.15, 0.2) is 22.6 Å². The second kappa shape index (κ2) is 8.34. The number of benzene rings is 1. The summed E-state index contributed by atoms with van der Waals surface area (Å²) in [6.45, 7) is 5.68. The number of carbonyl (C=O) groups is 2. The number of ketones is 1. The first-order valence-corrected chi connectivity index (χ1v) is 9.30. The van der Waals surface area contributed by atoms with Crippen LogP contribution in [0.3, 0.4) is 0 Å². The Labute approximate surface area is 172 Å². The van der Waals surface area contributed by atoms with Gasteiger partial charge in [-0.05, 0) is 33.0 Å². The van der Waals surface area contributed by atoms with Gasteiger partial charge in [0.15, 0.2) is 5.78 Å². The van der Waals surface area contributed by atoms with E-state index in [0.29, 0.717) is 18.8 Å². The fourth-order valence-electron chi connectivity index (χ4n) is 3.46. The van der Waals surface area contributed by atoms with Crippen molar-refractivity contribution in [2.24, 2.45) is 0 Å². The number of amides is 1. The lowest BCUT2D eigenvalue weighted by molar-refractivity contribution is -0.384. The second-order valence-corrected chi connectivity index (χ2v) is 7.11. The van der Waals surface area contributed by atoms with Gasteiger partial charge in [-0.3, -0.25) is 25.0 Å². The fourth-order valence-corrected chi connectivity index (χ4v) is 3.46. The van der Waals surface area contributed by atoms with E-state index in [1.165, 1.54) is 26.0 Å². The summed E-state index contributed by atoms with van der Waals surface area (Å²) in [5.41, 5.74) is 0.353. The minimum Gasteiger partial charge on any atom is -0.443 e. The SMILES string of the molecule is CC(=O)c1c(C)oc(NC(=O)c2ccc(N3CCN(C)CC3)c([N+](=O)[O-])c2)c1C#N. The minimum absolute atomic E-state index is 0.0434. The average molecular weight is 411 g/mol. The Morgan fingerprint density at radius 3 is 2.50 bits per heavy atom. The smallest absolute Gasteiger partial charge is 0.293 e. The third kappa shape index (κ3) is 4.01. The first-order valence-electron chi connectivity index (χ1n) is 9.30. The fraction of sp³-hybridized carbons (Fsp3) is 0.350. The number of rotatable bonds is 5. The standard InChI is InChI=1S/C20H21N5O5/c1-12(26)18-13(2)30-20(15(18)11-21)22-19(27)14-4-5-16(17(10-14)25(28)29)24-8-6-23(3)7-9-24/h4-5,10H,6-9H2,1-3H3,(H,22,27). The van der Waals surface area contributed by atoms with Gasteiger partial charge in [0.05, 0.1) is 10.5 Å². The maximum Gasteiger partial charge on any atom is 0.293 e. The molecule has 1 saturated heterocycles. The molecule has 0 atom stereocenters. The van der Waals surface area contributed by atoms with Gasteiger partial charge in [0.25, 0.3) is 11.6 Å². The van der Waals surface area contributed by atoms with Crippen LogP contribution in [-0.4, -0.2) is 54.7 Å². The van der Waals surface area contributed by atoms with E-state index in [2.05, 4.69) is 10.2 Å². The molecule has 10 nitrogen and oxygen atoms in total. The minimum atomic E-state index is -0.677. The highest BCUT2D eigenvalue weighted by atomic mass is 16.6. The summed E-state index contributed by atoms with van der Waals surface area (Å²) in [7, 11) is 1.99. The molecule has 2 heterocycles. The molecule has 3 rings (SSSR count). The van der Waals surface area contributed by atoms with Gasteiger partial charge in [-0.1, -0.05) is 0 Å². The molecule has 0 aliphatic carbocycles. The molecule has 1 aliphatic rings. The summed E-state index contributed by atoms with van der Waals surface area (Å²) in [5, 5.41) is 23.4. The van der Waals surface area contributed by atoms with E-state index < -0.39 is 10.8 Å². The highest BCUT2D eigenvalue weighted by Gasteiger charge is 2.26. The maximum atomic E-state index is 12.7. The number of likely N-dealkylation sites (N-methyl/N-ethyl adjacent to an activating group) is 1. The number of nitrogens with one attached hydrogen (secondary N) is 1. The van der Waals surface area contributed by atoms with Crippen molar-refractivity contribution in [1.29, 1.82) is 5.26 Å². The molecule has 1 aliphatic heterocycles. The molecule has 1 aromatic carbocycles. The highest BCUT2D eigenvalue weighted by Crippen LogP contribution is 2.31. The molecule has 156 valence electrons. The number of piperazine rings is 1. The quantitative estimate of drug-likeness (QED) is 0.451. The molecule has 2 aromatic rings. The van der Waals surface area contributed by atoms with Gasteiger partial charge in [-0.25, -0.2) is 0 Å². The Bertz CT molecular complexity index is 1060. The van der Waals surface area contributed by atoms with Crippen LogP contribution in [-0.2, 0) is 0 Å². The van der Waals surface area contributed by atoms with Gasteiger partial charge >= 0.3 is 0 Å². The van der Waals surface area contributed by atoms with Crippen LogP contribution in [0.25, 0.3) is 0 Å². The van der Waals surface area contributed by atoms with Crippen LogP contribution in [0.1, 0.15) is 39.0 Å². The number of hydrogen-bond donors (Lipinski definition) is 1. The van der Waals surface area contributed by atoms with E-state index in [-0.39, 0.29) is 39.8 Å². The van der Waals surface area contributed by atoms with Crippen molar-refractivity contribution < 1.29 is 18.9 Å². The van der Waals surface area contributed by atoms with Crippen molar-refractivity contribution in [3.63, 3.8) is 0 Å². The monoisotopic (exact) mass is 411 g/mol. The molecule has 0 unspecified atom stereocenters. The van der Waals surface area contributed by atoms with E-state index in [1.54, 1.807) is 6.07 Å². The average Bonchev–Trinajstić information content (AvgIpc) is 3.03. The summed E-state index contributed by atoms with van der Waals surface area (Å²) in [6, 6.07) is 6.11. The van der Waals surface area contributed by atoms with Gasteiger partial charge in [0, 0.05) is 37.8 Å². The molecule has 0 bridgehead atoms. The van der Waals surface area contributed by atoms with Gasteiger partial charge in [0.1, 0.15) is 23.1 Å². The number of nitrogens with zero attached hydrogens (tertiary/aromatic N) is 4. The molecule has 0 radical (unpaired) electrons. The first-order chi connectivity index (χ1) is 14.2. The van der Waals surface area contributed by atoms with Crippen LogP contribution in [0.2, 0.25) is 0 Å². The van der Waals surface area contributed by atoms with Gasteiger partial charge < -0.3 is 14.2 Å². The summed E-state index contributed by atoms with van der Waals surface area (Å²) >= 11 is 0. The number of aryl methyl sites for hydroxylation is 1. The van der Waals surface area contributed by atoms with Crippen molar-refractivity contribution in [3.05, 3.63) is 50.8 Å². The van der Waals surface area contributed by atoms with Crippen LogP contribution in [0.5, 0.6) is 0 Å². The Morgan fingerprint density at radius 1 is 1.27 bits per heavy atom. The number of nitro benzene ring substituents is 1. The summed E-state index contributed by atoms with van der Waals surface area (Å²) < 4.78 is 5.37. The van der Waals surface area contributed by atoms with Gasteiger partial charge in [0.2, 0.25) is 5.88 Å². The van der Waals surface area contributed by atoms with E-state index in [9.17, 15) is 25.0 Å². The van der Waals surface area contributed by atoms with Crippen LogP contribution in [0.4, 0.5) is 17.3 Å². The van der Waals surface area contributed by atoms with Gasteiger partial charge in [-0.2, -0.15) is 5.26 Å². The number of furan rings is 1. The zero-order chi connectivity index (χ0) is 22.0. The topological polar surface area (TPSA) is 133 Å². The first kappa shape index (κ1) is 21.0. The molecule has 1 amide bonds. The van der Waals surface area contributed by atoms with E-state index >= 15 is 0 Å². The Hall–Kier alpha value is -3.71. The number of nitro groups is 1. The van der Waals surface area contributed by atoms with Crippen molar-refractivity contribution in [2.45, 2.75) is 13.8 Å². The van der Waals surface area contributed by atoms with E-state index in [0.717, 1.165) is 13.1 Å². The predicted octanol–water partition coefficient (Wildman–Crippen LogP) is 2.57. The second-order valence-electron chi connectivity index (χ2n) is 7.11. The molecule has 30 heavy (non-hydrogen) atoms. The Morgan fingerprint density at radius 2 is 1.93 bits per heavy atom. The zero-order valence-corrected chi connectivity index (χ0v) is 16.9. The van der Waals surface area contributed by atoms with Crippen molar-refractivity contribution in [1.82, 2.24) is 4.90 Å². The number of Topliss-reactive ketones (excluding diaryl/α,β-unsaturated/α-hetero) is 1. The summed E-state index contributed by atoms with van der Waals surface area (Å²) in [5.74, 6) is -0.981. The van der Waals surface area contributed by atoms with E-state index in [4.69, 9.17) is 4.42 Å². The van der Waals surface area contributed by atoms with E-state index in [1.807, 2.05) is 18.0 Å². The lowest BCUT2D eigenvalue weighted by Gasteiger charge is -2.33. The maximum absolute atomic E-state index is 12.7.